The fourth-order valence-corrected chi connectivity index (χ4v) is 3.43. The largest absolute Gasteiger partial charge is 0.304 e. The number of hydrogen-bond donors (Lipinski definition) is 0. The van der Waals surface area contributed by atoms with E-state index in [-0.39, 0.29) is 17.9 Å². The maximum absolute atomic E-state index is 12.9. The molecule has 118 valence electrons. The third kappa shape index (κ3) is 2.55. The van der Waals surface area contributed by atoms with E-state index in [1.54, 1.807) is 0 Å². The number of nitrogens with zero attached hydrogens (tertiary/aromatic N) is 3. The zero-order valence-electron chi connectivity index (χ0n) is 13.5. The summed E-state index contributed by atoms with van der Waals surface area (Å²) in [5.41, 5.74) is 2.72. The molecule has 1 aromatic carbocycles. The van der Waals surface area contributed by atoms with Crippen LogP contribution >= 0.6 is 0 Å². The molecule has 0 aromatic heterocycles. The number of carbonyl (C=O) groups excluding carboxylic acids is 2. The van der Waals surface area contributed by atoms with Gasteiger partial charge in [-0.05, 0) is 32.0 Å². The molecule has 1 atom stereocenters. The third-order valence-electron chi connectivity index (χ3n) is 4.76. The molecule has 2 saturated heterocycles. The van der Waals surface area contributed by atoms with Crippen molar-refractivity contribution >= 4 is 17.5 Å². The second-order valence-electron chi connectivity index (χ2n) is 6.37. The molecule has 2 fully saturated rings. The minimum Gasteiger partial charge on any atom is -0.304 e. The summed E-state index contributed by atoms with van der Waals surface area (Å²) >= 11 is 0. The van der Waals surface area contributed by atoms with Crippen molar-refractivity contribution in [3.63, 3.8) is 0 Å². The first-order valence-corrected chi connectivity index (χ1v) is 7.84. The number of piperazine rings is 1. The van der Waals surface area contributed by atoms with Crippen molar-refractivity contribution in [3.8, 4) is 0 Å². The Morgan fingerprint density at radius 1 is 1.00 bits per heavy atom. The second-order valence-corrected chi connectivity index (χ2v) is 6.37. The average Bonchev–Trinajstić information content (AvgIpc) is 2.76. The van der Waals surface area contributed by atoms with Gasteiger partial charge in [-0.1, -0.05) is 18.2 Å². The van der Waals surface area contributed by atoms with Crippen molar-refractivity contribution in [3.05, 3.63) is 29.3 Å². The Kier molecular flexibility index (Phi) is 4.02. The normalized spacial score (nSPS) is 24.3. The average molecular weight is 301 g/mol. The standard InChI is InChI=1S/C17H23N3O2/c1-12-5-4-6-13(2)16(12)20-15(21)11-14(17(20)22)19-9-7-18(3)8-10-19/h4-6,14H,7-11H2,1-3H3/t14-/m1/s1. The zero-order chi connectivity index (χ0) is 15.9. The Bertz CT molecular complexity index is 586. The van der Waals surface area contributed by atoms with Crippen LogP contribution in [0.1, 0.15) is 17.5 Å². The summed E-state index contributed by atoms with van der Waals surface area (Å²) in [6.07, 6.45) is 0.302. The molecular formula is C17H23N3O2. The van der Waals surface area contributed by atoms with E-state index in [1.807, 2.05) is 32.0 Å². The summed E-state index contributed by atoms with van der Waals surface area (Å²) in [4.78, 5) is 31.1. The fraction of sp³-hybridized carbons (Fsp3) is 0.529. The molecule has 1 aromatic rings. The lowest BCUT2D eigenvalue weighted by Crippen LogP contribution is -2.51. The number of carbonyl (C=O) groups is 2. The predicted octanol–water partition coefficient (Wildman–Crippen LogP) is 1.18. The molecule has 2 amide bonds. The van der Waals surface area contributed by atoms with Crippen LogP contribution in [0.4, 0.5) is 5.69 Å². The van der Waals surface area contributed by atoms with Crippen LogP contribution in [0.25, 0.3) is 0 Å². The highest BCUT2D eigenvalue weighted by molar-refractivity contribution is 6.23. The summed E-state index contributed by atoms with van der Waals surface area (Å²) in [5, 5.41) is 0. The number of aryl methyl sites for hydroxylation is 2. The van der Waals surface area contributed by atoms with Crippen molar-refractivity contribution < 1.29 is 9.59 Å². The molecule has 0 aliphatic carbocycles. The van der Waals surface area contributed by atoms with Crippen molar-refractivity contribution in [1.29, 1.82) is 0 Å². The van der Waals surface area contributed by atoms with Gasteiger partial charge in [0.15, 0.2) is 0 Å². The van der Waals surface area contributed by atoms with Crippen LogP contribution in [0.5, 0.6) is 0 Å². The Morgan fingerprint density at radius 2 is 1.59 bits per heavy atom. The van der Waals surface area contributed by atoms with Gasteiger partial charge < -0.3 is 4.90 Å². The minimum atomic E-state index is -0.291. The number of amides is 2. The Hall–Kier alpha value is -1.72. The molecular weight excluding hydrogens is 278 g/mol. The highest BCUT2D eigenvalue weighted by Gasteiger charge is 2.43. The molecule has 0 unspecified atom stereocenters. The third-order valence-corrected chi connectivity index (χ3v) is 4.76. The molecule has 0 radical (unpaired) electrons. The first-order chi connectivity index (χ1) is 10.5. The number of para-hydroxylation sites is 1. The first kappa shape index (κ1) is 15.2. The van der Waals surface area contributed by atoms with Crippen LogP contribution < -0.4 is 4.90 Å². The first-order valence-electron chi connectivity index (χ1n) is 7.84. The van der Waals surface area contributed by atoms with E-state index in [4.69, 9.17) is 0 Å². The number of imide groups is 1. The quantitative estimate of drug-likeness (QED) is 0.770. The summed E-state index contributed by atoms with van der Waals surface area (Å²) in [7, 11) is 2.09. The van der Waals surface area contributed by atoms with Crippen molar-refractivity contribution in [1.82, 2.24) is 9.80 Å². The van der Waals surface area contributed by atoms with Crippen molar-refractivity contribution in [2.24, 2.45) is 0 Å². The van der Waals surface area contributed by atoms with E-state index >= 15 is 0 Å². The molecule has 3 rings (SSSR count). The summed E-state index contributed by atoms with van der Waals surface area (Å²) in [5.74, 6) is -0.140. The van der Waals surface area contributed by atoms with Crippen LogP contribution in [0.2, 0.25) is 0 Å². The van der Waals surface area contributed by atoms with Gasteiger partial charge in [0.25, 0.3) is 5.91 Å². The monoisotopic (exact) mass is 301 g/mol. The van der Waals surface area contributed by atoms with Gasteiger partial charge in [-0.15, -0.1) is 0 Å². The van der Waals surface area contributed by atoms with Gasteiger partial charge in [-0.3, -0.25) is 14.5 Å². The Labute approximate surface area is 131 Å². The maximum Gasteiger partial charge on any atom is 0.251 e. The van der Waals surface area contributed by atoms with Crippen molar-refractivity contribution in [2.45, 2.75) is 26.3 Å². The number of hydrogen-bond acceptors (Lipinski definition) is 4. The van der Waals surface area contributed by atoms with Crippen LogP contribution in [-0.2, 0) is 9.59 Å². The van der Waals surface area contributed by atoms with E-state index in [9.17, 15) is 9.59 Å². The summed E-state index contributed by atoms with van der Waals surface area (Å²) in [6.45, 7) is 7.49. The molecule has 5 heteroatoms. The van der Waals surface area contributed by atoms with Gasteiger partial charge in [-0.2, -0.15) is 0 Å². The molecule has 0 spiro atoms. The summed E-state index contributed by atoms with van der Waals surface area (Å²) < 4.78 is 0. The molecule has 0 bridgehead atoms. The van der Waals surface area contributed by atoms with E-state index in [0.717, 1.165) is 43.0 Å². The van der Waals surface area contributed by atoms with Gasteiger partial charge in [0.2, 0.25) is 5.91 Å². The molecule has 5 nitrogen and oxygen atoms in total. The highest BCUT2D eigenvalue weighted by Crippen LogP contribution is 2.31. The second kappa shape index (κ2) is 5.82. The molecule has 2 aliphatic heterocycles. The lowest BCUT2D eigenvalue weighted by Gasteiger charge is -2.35. The number of likely N-dealkylation sites (N-methyl/N-ethyl adjacent to an activating group) is 1. The van der Waals surface area contributed by atoms with Crippen LogP contribution in [-0.4, -0.2) is 60.9 Å². The van der Waals surface area contributed by atoms with E-state index < -0.39 is 0 Å². The number of anilines is 1. The molecule has 22 heavy (non-hydrogen) atoms. The molecule has 0 saturated carbocycles. The SMILES string of the molecule is Cc1cccc(C)c1N1C(=O)C[C@@H](N2CCN(C)CC2)C1=O. The lowest BCUT2D eigenvalue weighted by atomic mass is 10.1. The van der Waals surface area contributed by atoms with Crippen LogP contribution in [0.15, 0.2) is 18.2 Å². The van der Waals surface area contributed by atoms with Gasteiger partial charge in [0.1, 0.15) is 0 Å². The van der Waals surface area contributed by atoms with Gasteiger partial charge >= 0.3 is 0 Å². The van der Waals surface area contributed by atoms with Crippen LogP contribution in [0.3, 0.4) is 0 Å². The number of benzene rings is 1. The smallest absolute Gasteiger partial charge is 0.251 e. The number of rotatable bonds is 2. The van der Waals surface area contributed by atoms with E-state index in [2.05, 4.69) is 16.8 Å². The fourth-order valence-electron chi connectivity index (χ4n) is 3.43. The molecule has 0 N–H and O–H groups in total. The zero-order valence-corrected chi connectivity index (χ0v) is 13.5. The van der Waals surface area contributed by atoms with Gasteiger partial charge in [0, 0.05) is 26.2 Å². The maximum atomic E-state index is 12.9. The van der Waals surface area contributed by atoms with Crippen molar-refractivity contribution in [2.75, 3.05) is 38.1 Å². The molecule has 2 aliphatic rings. The lowest BCUT2D eigenvalue weighted by molar-refractivity contribution is -0.123. The molecule has 2 heterocycles. The highest BCUT2D eigenvalue weighted by atomic mass is 16.2. The van der Waals surface area contributed by atoms with Gasteiger partial charge in [-0.25, -0.2) is 4.90 Å². The van der Waals surface area contributed by atoms with E-state index in [1.165, 1.54) is 4.90 Å². The predicted molar refractivity (Wildman–Crippen MR) is 85.9 cm³/mol. The summed E-state index contributed by atoms with van der Waals surface area (Å²) in [6, 6.07) is 5.56. The van der Waals surface area contributed by atoms with E-state index in [0.29, 0.717) is 6.42 Å². The minimum absolute atomic E-state index is 0.0630. The van der Waals surface area contributed by atoms with Gasteiger partial charge in [0.05, 0.1) is 18.2 Å². The van der Waals surface area contributed by atoms with Crippen LogP contribution in [0, 0.1) is 13.8 Å². The Balaban J connectivity index is 1.86. The topological polar surface area (TPSA) is 43.9 Å². The Morgan fingerprint density at radius 3 is 2.18 bits per heavy atom.